The number of unbranched alkanes of at least 4 members (excludes halogenated alkanes) is 11. The summed E-state index contributed by atoms with van der Waals surface area (Å²) in [5.74, 6) is 1.16. The molecule has 0 bridgehead atoms. The van der Waals surface area contributed by atoms with Crippen molar-refractivity contribution in [2.24, 2.45) is 4.99 Å². The second kappa shape index (κ2) is 15.7. The average Bonchev–Trinajstić information content (AvgIpc) is 3.07. The third-order valence-corrected chi connectivity index (χ3v) is 4.71. The standard InChI is InChI=1S/C21H40N2O/c1-20(24)16-14-12-10-8-6-4-2-3-5-7-9-11-13-15-17-21-22-18-19-23-21/h13,15,20,24H,2-12,14,16-19H2,1H3,(H,22,23). The Hall–Kier alpha value is -0.830. The molecule has 3 nitrogen and oxygen atoms in total. The van der Waals surface area contributed by atoms with Gasteiger partial charge >= 0.3 is 0 Å². The highest BCUT2D eigenvalue weighted by atomic mass is 16.3. The summed E-state index contributed by atoms with van der Waals surface area (Å²) in [7, 11) is 0. The fourth-order valence-electron chi connectivity index (χ4n) is 3.19. The van der Waals surface area contributed by atoms with E-state index < -0.39 is 0 Å². The van der Waals surface area contributed by atoms with Crippen LogP contribution in [0.4, 0.5) is 0 Å². The quantitative estimate of drug-likeness (QED) is 0.293. The molecule has 0 aromatic heterocycles. The van der Waals surface area contributed by atoms with Crippen molar-refractivity contribution in [3.63, 3.8) is 0 Å². The van der Waals surface area contributed by atoms with Gasteiger partial charge in [-0.15, -0.1) is 0 Å². The Morgan fingerprint density at radius 1 is 0.917 bits per heavy atom. The molecule has 0 aromatic carbocycles. The van der Waals surface area contributed by atoms with Crippen molar-refractivity contribution in [2.45, 2.75) is 103 Å². The van der Waals surface area contributed by atoms with Gasteiger partial charge in [0.2, 0.25) is 0 Å². The number of nitrogens with zero attached hydrogens (tertiary/aromatic N) is 1. The van der Waals surface area contributed by atoms with Crippen LogP contribution in [0.1, 0.15) is 96.8 Å². The lowest BCUT2D eigenvalue weighted by atomic mass is 10.0. The average molecular weight is 337 g/mol. The Labute approximate surface area is 150 Å². The number of allylic oxidation sites excluding steroid dienone is 1. The molecule has 1 rings (SSSR count). The molecule has 24 heavy (non-hydrogen) atoms. The van der Waals surface area contributed by atoms with Crippen molar-refractivity contribution in [2.75, 3.05) is 13.1 Å². The number of rotatable bonds is 16. The molecular formula is C21H40N2O. The monoisotopic (exact) mass is 336 g/mol. The molecule has 0 saturated carbocycles. The van der Waals surface area contributed by atoms with Crippen LogP contribution in [0.3, 0.4) is 0 Å². The number of amidine groups is 1. The molecular weight excluding hydrogens is 296 g/mol. The van der Waals surface area contributed by atoms with E-state index in [1.807, 2.05) is 6.92 Å². The van der Waals surface area contributed by atoms with Gasteiger partial charge in [-0.2, -0.15) is 0 Å². The van der Waals surface area contributed by atoms with Gasteiger partial charge in [0.1, 0.15) is 5.84 Å². The molecule has 140 valence electrons. The van der Waals surface area contributed by atoms with E-state index in [0.717, 1.165) is 31.8 Å². The van der Waals surface area contributed by atoms with E-state index in [1.165, 1.54) is 77.0 Å². The number of hydrogen-bond donors (Lipinski definition) is 2. The maximum atomic E-state index is 9.19. The first-order valence-electron chi connectivity index (χ1n) is 10.4. The minimum atomic E-state index is -0.112. The van der Waals surface area contributed by atoms with Gasteiger partial charge in [0.05, 0.1) is 12.6 Å². The summed E-state index contributed by atoms with van der Waals surface area (Å²) in [6.07, 6.45) is 22.6. The molecule has 0 radical (unpaired) electrons. The van der Waals surface area contributed by atoms with E-state index in [-0.39, 0.29) is 6.10 Å². The van der Waals surface area contributed by atoms with Gasteiger partial charge in [-0.1, -0.05) is 76.4 Å². The summed E-state index contributed by atoms with van der Waals surface area (Å²) in [5.41, 5.74) is 0. The van der Waals surface area contributed by atoms with Crippen LogP contribution >= 0.6 is 0 Å². The minimum absolute atomic E-state index is 0.112. The first-order chi connectivity index (χ1) is 11.8. The van der Waals surface area contributed by atoms with Crippen molar-refractivity contribution in [1.82, 2.24) is 5.32 Å². The van der Waals surface area contributed by atoms with Gasteiger partial charge in [0.25, 0.3) is 0 Å². The number of aliphatic hydroxyl groups is 1. The molecule has 1 aliphatic rings. The van der Waals surface area contributed by atoms with E-state index in [4.69, 9.17) is 0 Å². The highest BCUT2D eigenvalue weighted by Crippen LogP contribution is 2.13. The van der Waals surface area contributed by atoms with E-state index in [0.29, 0.717) is 0 Å². The fourth-order valence-corrected chi connectivity index (χ4v) is 3.19. The number of hydrogen-bond acceptors (Lipinski definition) is 3. The zero-order valence-corrected chi connectivity index (χ0v) is 15.9. The molecule has 1 unspecified atom stereocenters. The second-order valence-corrected chi connectivity index (χ2v) is 7.25. The normalized spacial score (nSPS) is 15.7. The molecule has 0 aliphatic carbocycles. The zero-order chi connectivity index (χ0) is 17.3. The highest BCUT2D eigenvalue weighted by Gasteiger charge is 2.00. The van der Waals surface area contributed by atoms with Gasteiger partial charge in [0.15, 0.2) is 0 Å². The first-order valence-corrected chi connectivity index (χ1v) is 10.4. The summed E-state index contributed by atoms with van der Waals surface area (Å²) in [6.45, 7) is 3.86. The van der Waals surface area contributed by atoms with E-state index in [9.17, 15) is 5.11 Å². The second-order valence-electron chi connectivity index (χ2n) is 7.25. The van der Waals surface area contributed by atoms with Gasteiger partial charge in [-0.3, -0.25) is 4.99 Å². The maximum absolute atomic E-state index is 9.19. The third-order valence-electron chi connectivity index (χ3n) is 4.71. The van der Waals surface area contributed by atoms with Crippen LogP contribution < -0.4 is 5.32 Å². The lowest BCUT2D eigenvalue weighted by Gasteiger charge is -2.04. The van der Waals surface area contributed by atoms with Crippen molar-refractivity contribution in [3.8, 4) is 0 Å². The predicted octanol–water partition coefficient (Wildman–Crippen LogP) is 5.39. The van der Waals surface area contributed by atoms with Crippen molar-refractivity contribution in [1.29, 1.82) is 0 Å². The van der Waals surface area contributed by atoms with Gasteiger partial charge < -0.3 is 10.4 Å². The summed E-state index contributed by atoms with van der Waals surface area (Å²) in [5, 5.41) is 12.5. The minimum Gasteiger partial charge on any atom is -0.393 e. The van der Waals surface area contributed by atoms with E-state index in [2.05, 4.69) is 22.5 Å². The zero-order valence-electron chi connectivity index (χ0n) is 15.9. The molecule has 2 N–H and O–H groups in total. The molecule has 0 spiro atoms. The summed E-state index contributed by atoms with van der Waals surface area (Å²) in [4.78, 5) is 4.39. The fraction of sp³-hybridized carbons (Fsp3) is 0.857. The van der Waals surface area contributed by atoms with Gasteiger partial charge in [-0.05, 0) is 26.2 Å². The molecule has 1 heterocycles. The molecule has 0 fully saturated rings. The van der Waals surface area contributed by atoms with Crippen LogP contribution in [0.2, 0.25) is 0 Å². The molecule has 1 aliphatic heterocycles. The van der Waals surface area contributed by atoms with E-state index in [1.54, 1.807) is 0 Å². The lowest BCUT2D eigenvalue weighted by molar-refractivity contribution is 0.180. The van der Waals surface area contributed by atoms with Crippen LogP contribution in [-0.4, -0.2) is 30.1 Å². The van der Waals surface area contributed by atoms with Crippen LogP contribution in [0.25, 0.3) is 0 Å². The van der Waals surface area contributed by atoms with E-state index >= 15 is 0 Å². The third kappa shape index (κ3) is 13.6. The molecule has 1 atom stereocenters. The number of nitrogens with one attached hydrogen (secondary N) is 1. The molecule has 0 aromatic rings. The van der Waals surface area contributed by atoms with Crippen LogP contribution in [0, 0.1) is 0 Å². The first kappa shape index (κ1) is 21.2. The van der Waals surface area contributed by atoms with Gasteiger partial charge in [0, 0.05) is 13.0 Å². The molecule has 0 amide bonds. The van der Waals surface area contributed by atoms with Crippen molar-refractivity contribution in [3.05, 3.63) is 12.2 Å². The molecule has 0 saturated heterocycles. The predicted molar refractivity (Wildman–Crippen MR) is 106 cm³/mol. The summed E-state index contributed by atoms with van der Waals surface area (Å²) >= 11 is 0. The Morgan fingerprint density at radius 3 is 2.04 bits per heavy atom. The van der Waals surface area contributed by atoms with Crippen molar-refractivity contribution >= 4 is 5.84 Å². The smallest absolute Gasteiger partial charge is 0.100 e. The van der Waals surface area contributed by atoms with Crippen LogP contribution in [0.15, 0.2) is 17.1 Å². The number of aliphatic imine (C=N–C) groups is 1. The number of aliphatic hydroxyl groups excluding tert-OH is 1. The summed E-state index contributed by atoms with van der Waals surface area (Å²) < 4.78 is 0. The van der Waals surface area contributed by atoms with Gasteiger partial charge in [-0.25, -0.2) is 0 Å². The van der Waals surface area contributed by atoms with Crippen LogP contribution in [0.5, 0.6) is 0 Å². The topological polar surface area (TPSA) is 44.6 Å². The Balaban J connectivity index is 1.71. The molecule has 3 heteroatoms. The lowest BCUT2D eigenvalue weighted by Crippen LogP contribution is -2.17. The van der Waals surface area contributed by atoms with Crippen molar-refractivity contribution < 1.29 is 5.11 Å². The largest absolute Gasteiger partial charge is 0.393 e. The maximum Gasteiger partial charge on any atom is 0.100 e. The highest BCUT2D eigenvalue weighted by molar-refractivity contribution is 5.84. The Bertz CT molecular complexity index is 337. The SMILES string of the molecule is CC(O)CCCCCCCCCCCCCC=CCC1=NCCN1. The Kier molecular flexibility index (Phi) is 13.9. The van der Waals surface area contributed by atoms with Crippen LogP contribution in [-0.2, 0) is 0 Å². The Morgan fingerprint density at radius 2 is 1.50 bits per heavy atom. The summed E-state index contributed by atoms with van der Waals surface area (Å²) in [6, 6.07) is 0.